The maximum Gasteiger partial charge on any atom is 0.472 e. The SMILES string of the molecule is N[C@@H](Cc1ccc(O)c(OCOP(=O)(O)O)c1)C(=O)O. The molecular formula is C10H14NO8P. The van der Waals surface area contributed by atoms with Gasteiger partial charge in [-0.05, 0) is 24.1 Å². The summed E-state index contributed by atoms with van der Waals surface area (Å²) in [4.78, 5) is 27.6. The van der Waals surface area contributed by atoms with Crippen molar-refractivity contribution in [3.63, 3.8) is 0 Å². The zero-order valence-corrected chi connectivity index (χ0v) is 11.1. The zero-order valence-electron chi connectivity index (χ0n) is 10.2. The number of benzene rings is 1. The largest absolute Gasteiger partial charge is 0.504 e. The van der Waals surface area contributed by atoms with Gasteiger partial charge in [-0.2, -0.15) is 0 Å². The van der Waals surface area contributed by atoms with Crippen LogP contribution in [0.3, 0.4) is 0 Å². The van der Waals surface area contributed by atoms with Gasteiger partial charge in [-0.15, -0.1) is 0 Å². The molecule has 9 nitrogen and oxygen atoms in total. The van der Waals surface area contributed by atoms with Crippen molar-refractivity contribution >= 4 is 13.8 Å². The van der Waals surface area contributed by atoms with Gasteiger partial charge in [0.1, 0.15) is 6.04 Å². The van der Waals surface area contributed by atoms with E-state index in [1.807, 2.05) is 0 Å². The van der Waals surface area contributed by atoms with E-state index in [1.54, 1.807) is 0 Å². The lowest BCUT2D eigenvalue weighted by Crippen LogP contribution is -2.32. The molecule has 0 aliphatic rings. The molecule has 10 heteroatoms. The lowest BCUT2D eigenvalue weighted by molar-refractivity contribution is -0.138. The highest BCUT2D eigenvalue weighted by atomic mass is 31.2. The van der Waals surface area contributed by atoms with Gasteiger partial charge >= 0.3 is 13.8 Å². The van der Waals surface area contributed by atoms with E-state index in [2.05, 4.69) is 4.52 Å². The van der Waals surface area contributed by atoms with Gasteiger partial charge in [-0.3, -0.25) is 4.79 Å². The number of hydrogen-bond donors (Lipinski definition) is 5. The monoisotopic (exact) mass is 307 g/mol. The average Bonchev–Trinajstić information content (AvgIpc) is 2.31. The summed E-state index contributed by atoms with van der Waals surface area (Å²) in [6, 6.07) is 2.89. The van der Waals surface area contributed by atoms with Crippen molar-refractivity contribution in [1.82, 2.24) is 0 Å². The Balaban J connectivity index is 2.71. The molecule has 1 aromatic rings. The summed E-state index contributed by atoms with van der Waals surface area (Å²) in [6.45, 7) is -0.772. The first-order valence-corrected chi connectivity index (χ1v) is 6.85. The molecule has 0 bridgehead atoms. The minimum absolute atomic E-state index is 0.00528. The van der Waals surface area contributed by atoms with E-state index in [4.69, 9.17) is 25.4 Å². The van der Waals surface area contributed by atoms with Crippen molar-refractivity contribution in [3.05, 3.63) is 23.8 Å². The molecule has 1 rings (SSSR count). The molecule has 0 aliphatic carbocycles. The lowest BCUT2D eigenvalue weighted by Gasteiger charge is -2.11. The van der Waals surface area contributed by atoms with E-state index in [9.17, 15) is 14.5 Å². The first-order valence-electron chi connectivity index (χ1n) is 5.32. The van der Waals surface area contributed by atoms with E-state index < -0.39 is 26.6 Å². The first kappa shape index (κ1) is 16.4. The Morgan fingerprint density at radius 2 is 2.05 bits per heavy atom. The maximum atomic E-state index is 10.6. The van der Waals surface area contributed by atoms with Gasteiger partial charge in [-0.25, -0.2) is 9.09 Å². The summed E-state index contributed by atoms with van der Waals surface area (Å²) >= 11 is 0. The number of aliphatic carboxylic acids is 1. The van der Waals surface area contributed by atoms with Crippen LogP contribution >= 0.6 is 7.82 Å². The second-order valence-electron chi connectivity index (χ2n) is 3.83. The molecule has 0 amide bonds. The summed E-state index contributed by atoms with van der Waals surface area (Å²) in [7, 11) is -4.67. The fourth-order valence-corrected chi connectivity index (χ4v) is 1.49. The summed E-state index contributed by atoms with van der Waals surface area (Å²) in [6.07, 6.45) is 0.00528. The summed E-state index contributed by atoms with van der Waals surface area (Å²) in [5, 5.41) is 18.2. The molecule has 0 saturated heterocycles. The van der Waals surface area contributed by atoms with Gasteiger partial charge in [0.15, 0.2) is 11.5 Å². The Labute approximate surface area is 113 Å². The Morgan fingerprint density at radius 1 is 1.40 bits per heavy atom. The van der Waals surface area contributed by atoms with Crippen LogP contribution in [-0.4, -0.2) is 38.8 Å². The van der Waals surface area contributed by atoms with Crippen LogP contribution in [0.25, 0.3) is 0 Å². The number of phosphoric ester groups is 1. The van der Waals surface area contributed by atoms with Crippen LogP contribution in [0.4, 0.5) is 0 Å². The number of phenolic OH excluding ortho intramolecular Hbond substituents is 1. The van der Waals surface area contributed by atoms with E-state index in [1.165, 1.54) is 18.2 Å². The van der Waals surface area contributed by atoms with Gasteiger partial charge in [0.2, 0.25) is 6.79 Å². The summed E-state index contributed by atoms with van der Waals surface area (Å²) in [5.41, 5.74) is 5.84. The normalized spacial score (nSPS) is 12.9. The molecule has 0 saturated carbocycles. The van der Waals surface area contributed by atoms with Crippen LogP contribution in [0.1, 0.15) is 5.56 Å². The number of nitrogens with two attached hydrogens (primary N) is 1. The standard InChI is InChI=1S/C10H14NO8P/c11-7(10(13)14)3-6-1-2-8(12)9(4-6)18-5-19-20(15,16)17/h1-2,4,7,12H,3,5,11H2,(H,13,14)(H2,15,16,17)/t7-/m0/s1. The molecule has 1 aromatic carbocycles. The van der Waals surface area contributed by atoms with Gasteiger partial charge in [0, 0.05) is 0 Å². The topological polar surface area (TPSA) is 160 Å². The third-order valence-corrected chi connectivity index (χ3v) is 2.67. The molecule has 0 radical (unpaired) electrons. The third-order valence-electron chi connectivity index (χ3n) is 2.23. The molecule has 112 valence electrons. The molecule has 0 spiro atoms. The zero-order chi connectivity index (χ0) is 15.3. The van der Waals surface area contributed by atoms with Crippen LogP contribution < -0.4 is 10.5 Å². The predicted molar refractivity (Wildman–Crippen MR) is 66.0 cm³/mol. The van der Waals surface area contributed by atoms with Gasteiger partial charge in [0.05, 0.1) is 0 Å². The van der Waals surface area contributed by atoms with E-state index >= 15 is 0 Å². The molecule has 6 N–H and O–H groups in total. The van der Waals surface area contributed by atoms with E-state index in [-0.39, 0.29) is 17.9 Å². The minimum Gasteiger partial charge on any atom is -0.504 e. The van der Waals surface area contributed by atoms with Crippen LogP contribution in [0.15, 0.2) is 18.2 Å². The van der Waals surface area contributed by atoms with Crippen molar-refractivity contribution < 1.29 is 38.6 Å². The third kappa shape index (κ3) is 5.55. The minimum atomic E-state index is -4.67. The van der Waals surface area contributed by atoms with Crippen molar-refractivity contribution in [2.75, 3.05) is 6.79 Å². The number of phosphoric acid groups is 1. The van der Waals surface area contributed by atoms with Gasteiger partial charge in [0.25, 0.3) is 0 Å². The second-order valence-corrected chi connectivity index (χ2v) is 5.07. The molecule has 0 aromatic heterocycles. The fraction of sp³-hybridized carbons (Fsp3) is 0.300. The molecule has 1 atom stereocenters. The lowest BCUT2D eigenvalue weighted by atomic mass is 10.1. The molecule has 0 heterocycles. The van der Waals surface area contributed by atoms with Gasteiger partial charge < -0.3 is 30.5 Å². The Kier molecular flexibility index (Phi) is 5.49. The number of ether oxygens (including phenoxy) is 1. The number of hydrogen-bond acceptors (Lipinski definition) is 6. The number of carbonyl (C=O) groups is 1. The molecule has 0 fully saturated rings. The van der Waals surface area contributed by atoms with Crippen molar-refractivity contribution in [3.8, 4) is 11.5 Å². The molecule has 0 aliphatic heterocycles. The second kappa shape index (κ2) is 6.69. The van der Waals surface area contributed by atoms with E-state index in [0.29, 0.717) is 5.56 Å². The van der Waals surface area contributed by atoms with E-state index in [0.717, 1.165) is 0 Å². The number of carboxylic acid groups (broad SMARTS) is 1. The molecule has 20 heavy (non-hydrogen) atoms. The van der Waals surface area contributed by atoms with Crippen LogP contribution in [-0.2, 0) is 20.3 Å². The summed E-state index contributed by atoms with van der Waals surface area (Å²) < 4.78 is 19.3. The quantitative estimate of drug-likeness (QED) is 0.339. The fourth-order valence-electron chi connectivity index (χ4n) is 1.30. The highest BCUT2D eigenvalue weighted by Crippen LogP contribution is 2.36. The average molecular weight is 307 g/mol. The van der Waals surface area contributed by atoms with Crippen LogP contribution in [0.2, 0.25) is 0 Å². The Bertz CT molecular complexity index is 528. The smallest absolute Gasteiger partial charge is 0.472 e. The summed E-state index contributed by atoms with van der Waals surface area (Å²) in [5.74, 6) is -1.56. The first-order chi connectivity index (χ1) is 9.19. The predicted octanol–water partition coefficient (Wildman–Crippen LogP) is -0.208. The molecule has 0 unspecified atom stereocenters. The van der Waals surface area contributed by atoms with Crippen molar-refractivity contribution in [2.24, 2.45) is 5.73 Å². The van der Waals surface area contributed by atoms with Crippen LogP contribution in [0, 0.1) is 0 Å². The van der Waals surface area contributed by atoms with Crippen molar-refractivity contribution in [1.29, 1.82) is 0 Å². The Hall–Kier alpha value is -1.64. The van der Waals surface area contributed by atoms with Crippen molar-refractivity contribution in [2.45, 2.75) is 12.5 Å². The van der Waals surface area contributed by atoms with Gasteiger partial charge in [-0.1, -0.05) is 6.07 Å². The highest BCUT2D eigenvalue weighted by Gasteiger charge is 2.16. The maximum absolute atomic E-state index is 10.6. The van der Waals surface area contributed by atoms with Crippen LogP contribution in [0.5, 0.6) is 11.5 Å². The molecular weight excluding hydrogens is 293 g/mol. The number of rotatable bonds is 7. The highest BCUT2D eigenvalue weighted by molar-refractivity contribution is 7.46. The Morgan fingerprint density at radius 3 is 2.60 bits per heavy atom. The number of phenols is 1. The number of carboxylic acids is 1. The number of aromatic hydroxyl groups is 1.